The van der Waals surface area contributed by atoms with E-state index < -0.39 is 11.9 Å². The van der Waals surface area contributed by atoms with E-state index in [0.717, 1.165) is 77.3 Å². The van der Waals surface area contributed by atoms with Gasteiger partial charge in [-0.1, -0.05) is 6.92 Å². The molecule has 0 bridgehead atoms. The number of hydrogen-bond donors (Lipinski definition) is 2. The van der Waals surface area contributed by atoms with Gasteiger partial charge in [0.1, 0.15) is 0 Å². The third-order valence-electron chi connectivity index (χ3n) is 6.25. The molecule has 2 aliphatic heterocycles. The fourth-order valence-electron chi connectivity index (χ4n) is 4.34. The van der Waals surface area contributed by atoms with Crippen molar-refractivity contribution in [1.29, 1.82) is 0 Å². The molecule has 0 radical (unpaired) electrons. The molecule has 11 heteroatoms. The van der Waals surface area contributed by atoms with E-state index in [1.54, 1.807) is 12.4 Å². The fraction of sp³-hybridized carbons (Fsp3) is 0.500. The second kappa shape index (κ2) is 14.4. The largest absolute Gasteiger partial charge is 0.478 e. The van der Waals surface area contributed by atoms with E-state index in [1.165, 1.54) is 15.4 Å². The number of nitrogens with zero attached hydrogens (tertiary/aromatic N) is 5. The van der Waals surface area contributed by atoms with Crippen LogP contribution in [0.1, 0.15) is 42.4 Å². The SMILES string of the molecule is CCc1cc2c(s1)CCCC(=O)N2CCCCN1CCN(c2ncccn2)CC1.O=C(O)C=CC(=O)O. The lowest BCUT2D eigenvalue weighted by Crippen LogP contribution is -2.47. The number of unbranched alkanes of at least 4 members (excludes halogenated alkanes) is 1. The molecule has 10 nitrogen and oxygen atoms in total. The van der Waals surface area contributed by atoms with Gasteiger partial charge in [-0.3, -0.25) is 9.69 Å². The summed E-state index contributed by atoms with van der Waals surface area (Å²) in [5.41, 5.74) is 1.20. The van der Waals surface area contributed by atoms with Gasteiger partial charge in [0.2, 0.25) is 11.9 Å². The number of carbonyl (C=O) groups excluding carboxylic acids is 1. The molecule has 1 amide bonds. The number of carboxylic acids is 2. The van der Waals surface area contributed by atoms with Crippen LogP contribution in [0.15, 0.2) is 36.7 Å². The van der Waals surface area contributed by atoms with Gasteiger partial charge in [-0.25, -0.2) is 19.6 Å². The molecule has 0 atom stereocenters. The Morgan fingerprint density at radius 1 is 1.00 bits per heavy atom. The Kier molecular flexibility index (Phi) is 11.0. The highest BCUT2D eigenvalue weighted by Crippen LogP contribution is 2.35. The predicted molar refractivity (Wildman–Crippen MR) is 143 cm³/mol. The van der Waals surface area contributed by atoms with E-state index >= 15 is 0 Å². The molecule has 0 aliphatic carbocycles. The first-order valence-corrected chi connectivity index (χ1v) is 13.5. The zero-order valence-corrected chi connectivity index (χ0v) is 22.0. The summed E-state index contributed by atoms with van der Waals surface area (Å²) in [6.07, 6.45) is 10.7. The minimum Gasteiger partial charge on any atom is -0.478 e. The Morgan fingerprint density at radius 2 is 1.65 bits per heavy atom. The smallest absolute Gasteiger partial charge is 0.328 e. The maximum atomic E-state index is 12.6. The number of aromatic nitrogens is 2. The Bertz CT molecular complexity index is 1050. The number of rotatable bonds is 9. The van der Waals surface area contributed by atoms with E-state index in [9.17, 15) is 14.4 Å². The van der Waals surface area contributed by atoms with Crippen LogP contribution in [0.5, 0.6) is 0 Å². The molecule has 200 valence electrons. The molecule has 4 heterocycles. The van der Waals surface area contributed by atoms with Crippen molar-refractivity contribution in [3.8, 4) is 0 Å². The van der Waals surface area contributed by atoms with Crippen molar-refractivity contribution < 1.29 is 24.6 Å². The van der Waals surface area contributed by atoms with Crippen molar-refractivity contribution in [2.24, 2.45) is 0 Å². The fourth-order valence-corrected chi connectivity index (χ4v) is 5.49. The number of hydrogen-bond acceptors (Lipinski definition) is 8. The second-order valence-electron chi connectivity index (χ2n) is 8.87. The maximum absolute atomic E-state index is 12.6. The number of fused-ring (bicyclic) bond motifs is 1. The minimum absolute atomic E-state index is 0.306. The minimum atomic E-state index is -1.26. The van der Waals surface area contributed by atoms with Crippen LogP contribution in [0.2, 0.25) is 0 Å². The van der Waals surface area contributed by atoms with Crippen molar-refractivity contribution in [3.05, 3.63) is 46.4 Å². The third-order valence-corrected chi connectivity index (χ3v) is 7.58. The van der Waals surface area contributed by atoms with Crippen molar-refractivity contribution in [3.63, 3.8) is 0 Å². The van der Waals surface area contributed by atoms with Crippen LogP contribution in [-0.2, 0) is 27.2 Å². The number of thiophene rings is 1. The Morgan fingerprint density at radius 3 is 2.27 bits per heavy atom. The molecule has 0 aromatic carbocycles. The van der Waals surface area contributed by atoms with Gasteiger partial charge in [-0.15, -0.1) is 11.3 Å². The summed E-state index contributed by atoms with van der Waals surface area (Å²) in [5, 5.41) is 15.6. The van der Waals surface area contributed by atoms with Crippen LogP contribution >= 0.6 is 11.3 Å². The van der Waals surface area contributed by atoms with E-state index in [0.29, 0.717) is 24.5 Å². The molecule has 0 saturated carbocycles. The second-order valence-corrected chi connectivity index (χ2v) is 10.1. The van der Waals surface area contributed by atoms with Crippen LogP contribution in [0.25, 0.3) is 0 Å². The maximum Gasteiger partial charge on any atom is 0.328 e. The van der Waals surface area contributed by atoms with Crippen molar-refractivity contribution in [2.45, 2.75) is 45.4 Å². The number of carbonyl (C=O) groups is 3. The first-order valence-electron chi connectivity index (χ1n) is 12.7. The molecule has 2 aromatic heterocycles. The molecular formula is C26H35N5O5S. The molecule has 2 aromatic rings. The van der Waals surface area contributed by atoms with Crippen LogP contribution in [0.3, 0.4) is 0 Å². The summed E-state index contributed by atoms with van der Waals surface area (Å²) < 4.78 is 0. The average molecular weight is 530 g/mol. The molecule has 2 aliphatic rings. The number of piperazine rings is 1. The number of aryl methyl sites for hydroxylation is 2. The van der Waals surface area contributed by atoms with Crippen molar-refractivity contribution in [2.75, 3.05) is 49.1 Å². The lowest BCUT2D eigenvalue weighted by atomic mass is 10.2. The van der Waals surface area contributed by atoms with Gasteiger partial charge in [0.05, 0.1) is 5.69 Å². The monoisotopic (exact) mass is 529 g/mol. The first kappa shape index (κ1) is 28.3. The van der Waals surface area contributed by atoms with E-state index in [4.69, 9.17) is 10.2 Å². The molecule has 2 N–H and O–H groups in total. The highest BCUT2D eigenvalue weighted by molar-refractivity contribution is 7.12. The molecule has 1 fully saturated rings. The van der Waals surface area contributed by atoms with Gasteiger partial charge in [0.15, 0.2) is 0 Å². The van der Waals surface area contributed by atoms with Gasteiger partial charge in [0, 0.05) is 73.4 Å². The third kappa shape index (κ3) is 8.94. The summed E-state index contributed by atoms with van der Waals surface area (Å²) in [7, 11) is 0. The lowest BCUT2D eigenvalue weighted by molar-refractivity contribution is -0.134. The summed E-state index contributed by atoms with van der Waals surface area (Å²) >= 11 is 1.90. The number of anilines is 2. The summed E-state index contributed by atoms with van der Waals surface area (Å²) in [5.74, 6) is -1.37. The quantitative estimate of drug-likeness (QED) is 0.372. The van der Waals surface area contributed by atoms with Crippen molar-refractivity contribution >= 4 is 40.8 Å². The standard InChI is InChI=1S/C22H31N5OS.C4H4O4/c1-2-18-17-19-20(29-18)7-5-8-21(28)27(19)12-4-3-11-25-13-15-26(16-14-25)22-23-9-6-10-24-22;5-3(6)1-2-4(7)8/h6,9-10,17H,2-5,7-8,11-16H2,1H3;1-2H,(H,5,6)(H,7,8). The van der Waals surface area contributed by atoms with Crippen LogP contribution in [0.4, 0.5) is 11.6 Å². The highest BCUT2D eigenvalue weighted by Gasteiger charge is 2.24. The summed E-state index contributed by atoms with van der Waals surface area (Å²) in [6, 6.07) is 4.12. The van der Waals surface area contributed by atoms with E-state index in [2.05, 4.69) is 37.7 Å². The van der Waals surface area contributed by atoms with E-state index in [-0.39, 0.29) is 0 Å². The molecule has 0 spiro atoms. The van der Waals surface area contributed by atoms with Crippen LogP contribution in [0, 0.1) is 0 Å². The van der Waals surface area contributed by atoms with Gasteiger partial charge >= 0.3 is 11.9 Å². The van der Waals surface area contributed by atoms with Gasteiger partial charge in [-0.05, 0) is 50.8 Å². The van der Waals surface area contributed by atoms with Crippen LogP contribution in [-0.4, -0.2) is 82.2 Å². The highest BCUT2D eigenvalue weighted by atomic mass is 32.1. The van der Waals surface area contributed by atoms with Gasteiger partial charge in [-0.2, -0.15) is 0 Å². The summed E-state index contributed by atoms with van der Waals surface area (Å²) in [4.78, 5) is 50.1. The van der Waals surface area contributed by atoms with Gasteiger partial charge < -0.3 is 20.0 Å². The zero-order chi connectivity index (χ0) is 26.6. The summed E-state index contributed by atoms with van der Waals surface area (Å²) in [6.45, 7) is 8.21. The van der Waals surface area contributed by atoms with Crippen molar-refractivity contribution in [1.82, 2.24) is 14.9 Å². The number of aliphatic carboxylic acids is 2. The van der Waals surface area contributed by atoms with Gasteiger partial charge in [0.25, 0.3) is 0 Å². The molecule has 0 unspecified atom stereocenters. The lowest BCUT2D eigenvalue weighted by Gasteiger charge is -2.34. The molecular weight excluding hydrogens is 494 g/mol. The Labute approximate surface area is 221 Å². The molecule has 4 rings (SSSR count). The normalized spacial score (nSPS) is 16.2. The number of carboxylic acid groups (broad SMARTS) is 2. The number of amides is 1. The van der Waals surface area contributed by atoms with Crippen LogP contribution < -0.4 is 9.80 Å². The Hall–Kier alpha value is -3.31. The molecule has 1 saturated heterocycles. The molecule has 37 heavy (non-hydrogen) atoms. The first-order chi connectivity index (χ1) is 17.9. The van der Waals surface area contributed by atoms with E-state index in [1.807, 2.05) is 17.4 Å². The Balaban J connectivity index is 0.000000414. The zero-order valence-electron chi connectivity index (χ0n) is 21.2. The average Bonchev–Trinajstić information content (AvgIpc) is 3.25. The topological polar surface area (TPSA) is 127 Å². The predicted octanol–water partition coefficient (Wildman–Crippen LogP) is 3.08.